The molecule has 2 fully saturated rings. The number of rotatable bonds is 2. The Balaban J connectivity index is 1.69. The van der Waals surface area contributed by atoms with Crippen LogP contribution in [0.2, 0.25) is 0 Å². The van der Waals surface area contributed by atoms with Crippen LogP contribution in [0, 0.1) is 5.92 Å². The molecular formula is C18H18F3NO5S. The van der Waals surface area contributed by atoms with Crippen LogP contribution in [0.4, 0.5) is 13.2 Å². The minimum atomic E-state index is -5.83. The van der Waals surface area contributed by atoms with Crippen molar-refractivity contribution in [1.29, 1.82) is 0 Å². The van der Waals surface area contributed by atoms with Gasteiger partial charge in [-0.15, -0.1) is 0 Å². The quantitative estimate of drug-likeness (QED) is 0.543. The van der Waals surface area contributed by atoms with Gasteiger partial charge in [0, 0.05) is 23.4 Å². The Labute approximate surface area is 159 Å². The topological polar surface area (TPSA) is 72.9 Å². The summed E-state index contributed by atoms with van der Waals surface area (Å²) in [5, 5.41) is 0. The smallest absolute Gasteiger partial charge is 0.477 e. The van der Waals surface area contributed by atoms with E-state index >= 15 is 0 Å². The van der Waals surface area contributed by atoms with E-state index in [4.69, 9.17) is 4.74 Å². The van der Waals surface area contributed by atoms with Gasteiger partial charge in [0.25, 0.3) is 0 Å². The third-order valence-corrected chi connectivity index (χ3v) is 7.82. The number of Topliss-reactive ketones (excluding diaryl/α,β-unsaturated/α-hetero) is 1. The summed E-state index contributed by atoms with van der Waals surface area (Å²) in [7, 11) is -3.79. The van der Waals surface area contributed by atoms with Crippen molar-refractivity contribution in [2.24, 2.45) is 5.92 Å². The number of carbonyl (C=O) groups is 1. The third-order valence-electron chi connectivity index (χ3n) is 6.85. The van der Waals surface area contributed by atoms with E-state index in [0.717, 1.165) is 12.1 Å². The highest BCUT2D eigenvalue weighted by atomic mass is 32.2. The molecular weight excluding hydrogens is 399 g/mol. The van der Waals surface area contributed by atoms with Gasteiger partial charge < -0.3 is 13.8 Å². The van der Waals surface area contributed by atoms with Crippen molar-refractivity contribution in [1.82, 2.24) is 4.90 Å². The molecule has 1 spiro atoms. The van der Waals surface area contributed by atoms with E-state index in [1.165, 1.54) is 6.07 Å². The van der Waals surface area contributed by atoms with Crippen molar-refractivity contribution in [3.63, 3.8) is 0 Å². The second-order valence-corrected chi connectivity index (χ2v) is 9.60. The standard InChI is InChI=1S/C18H18F3NO5S/c1-22-7-6-17-10-3-4-12(23)16(17)26-15-13(27-28(24,25)18(19,20)21)5-2-9(14(15)17)8-11(10)22/h2,5,10-11,16H,3-4,6-8H2,1H3/t10-,11+,16-,17-/m0/s1. The maximum Gasteiger partial charge on any atom is 0.534 e. The summed E-state index contributed by atoms with van der Waals surface area (Å²) < 4.78 is 71.8. The molecule has 1 aromatic carbocycles. The molecule has 0 unspecified atom stereocenters. The summed E-state index contributed by atoms with van der Waals surface area (Å²) in [5.41, 5.74) is -4.60. The first-order valence-corrected chi connectivity index (χ1v) is 10.5. The van der Waals surface area contributed by atoms with E-state index in [9.17, 15) is 26.4 Å². The molecule has 1 aromatic rings. The van der Waals surface area contributed by atoms with Crippen LogP contribution in [0.5, 0.6) is 11.5 Å². The molecule has 4 aliphatic rings. The van der Waals surface area contributed by atoms with Gasteiger partial charge in [0.1, 0.15) is 0 Å². The molecule has 1 saturated carbocycles. The number of likely N-dealkylation sites (N-methyl/N-ethyl adjacent to an activating group) is 1. The highest BCUT2D eigenvalue weighted by molar-refractivity contribution is 7.88. The van der Waals surface area contributed by atoms with Crippen LogP contribution in [0.1, 0.15) is 30.4 Å². The van der Waals surface area contributed by atoms with Gasteiger partial charge >= 0.3 is 15.6 Å². The lowest BCUT2D eigenvalue weighted by Gasteiger charge is -2.57. The fourth-order valence-corrected chi connectivity index (χ4v) is 6.20. The number of carbonyl (C=O) groups excluding carboxylic acids is 1. The van der Waals surface area contributed by atoms with E-state index in [0.29, 0.717) is 31.2 Å². The van der Waals surface area contributed by atoms with Gasteiger partial charge in [0.05, 0.1) is 0 Å². The minimum absolute atomic E-state index is 0.0152. The molecule has 5 rings (SSSR count). The largest absolute Gasteiger partial charge is 0.534 e. The molecule has 4 atom stereocenters. The molecule has 0 radical (unpaired) electrons. The summed E-state index contributed by atoms with van der Waals surface area (Å²) >= 11 is 0. The highest BCUT2D eigenvalue weighted by Gasteiger charge is 2.65. The number of hydrogen-bond acceptors (Lipinski definition) is 6. The lowest BCUT2D eigenvalue weighted by molar-refractivity contribution is -0.138. The summed E-state index contributed by atoms with van der Waals surface area (Å²) in [6.07, 6.45) is 1.56. The maximum atomic E-state index is 12.8. The van der Waals surface area contributed by atoms with E-state index < -0.39 is 32.9 Å². The van der Waals surface area contributed by atoms with Gasteiger partial charge in [-0.3, -0.25) is 4.79 Å². The van der Waals surface area contributed by atoms with Gasteiger partial charge in [-0.05, 0) is 50.4 Å². The van der Waals surface area contributed by atoms with Gasteiger partial charge in [-0.25, -0.2) is 0 Å². The number of ketones is 1. The zero-order valence-electron chi connectivity index (χ0n) is 15.0. The van der Waals surface area contributed by atoms with Crippen LogP contribution in [0.25, 0.3) is 0 Å². The number of halogens is 3. The van der Waals surface area contributed by atoms with Crippen LogP contribution in [0.15, 0.2) is 12.1 Å². The van der Waals surface area contributed by atoms with E-state index in [-0.39, 0.29) is 23.5 Å². The first-order chi connectivity index (χ1) is 13.1. The van der Waals surface area contributed by atoms with Crippen molar-refractivity contribution in [2.45, 2.75) is 48.8 Å². The Morgan fingerprint density at radius 2 is 2.07 bits per heavy atom. The molecule has 1 saturated heterocycles. The zero-order valence-corrected chi connectivity index (χ0v) is 15.8. The fraction of sp³-hybridized carbons (Fsp3) is 0.611. The summed E-state index contributed by atoms with van der Waals surface area (Å²) in [4.78, 5) is 14.9. The summed E-state index contributed by atoms with van der Waals surface area (Å²) in [6.45, 7) is 0.735. The van der Waals surface area contributed by atoms with Crippen molar-refractivity contribution in [2.75, 3.05) is 13.6 Å². The van der Waals surface area contributed by atoms with Gasteiger partial charge in [0.15, 0.2) is 23.4 Å². The summed E-state index contributed by atoms with van der Waals surface area (Å²) in [6, 6.07) is 3.03. The summed E-state index contributed by atoms with van der Waals surface area (Å²) in [5.74, 6) is -0.465. The van der Waals surface area contributed by atoms with Crippen LogP contribution in [0.3, 0.4) is 0 Å². The third kappa shape index (κ3) is 2.13. The Kier molecular flexibility index (Phi) is 3.52. The molecule has 6 nitrogen and oxygen atoms in total. The van der Waals surface area contributed by atoms with Crippen molar-refractivity contribution < 1.29 is 35.3 Å². The first-order valence-electron chi connectivity index (χ1n) is 9.13. The molecule has 0 aromatic heterocycles. The number of benzene rings is 1. The van der Waals surface area contributed by atoms with Gasteiger partial charge in [-0.2, -0.15) is 21.6 Å². The van der Waals surface area contributed by atoms with Crippen LogP contribution >= 0.6 is 0 Å². The molecule has 10 heteroatoms. The highest BCUT2D eigenvalue weighted by Crippen LogP contribution is 2.63. The predicted molar refractivity (Wildman–Crippen MR) is 90.6 cm³/mol. The average Bonchev–Trinajstić information content (AvgIpc) is 2.96. The number of piperidine rings is 1. The van der Waals surface area contributed by atoms with E-state index in [1.807, 2.05) is 7.05 Å². The Morgan fingerprint density at radius 1 is 1.32 bits per heavy atom. The molecule has 152 valence electrons. The molecule has 0 amide bonds. The van der Waals surface area contributed by atoms with E-state index in [1.54, 1.807) is 6.07 Å². The van der Waals surface area contributed by atoms with Crippen LogP contribution < -0.4 is 8.92 Å². The SMILES string of the molecule is CN1CC[C@]23c4c5ccc(OS(=O)(=O)C(F)(F)F)c4O[C@H]2C(=O)CC[C@H]3[C@H]1C5. The molecule has 28 heavy (non-hydrogen) atoms. The number of likely N-dealkylation sites (tertiary alicyclic amines) is 1. The lowest BCUT2D eigenvalue weighted by atomic mass is 9.52. The van der Waals surface area contributed by atoms with Crippen molar-refractivity contribution in [3.05, 3.63) is 23.3 Å². The lowest BCUT2D eigenvalue weighted by Crippen LogP contribution is -2.65. The first kappa shape index (κ1) is 18.2. The number of ether oxygens (including phenoxy) is 1. The average molecular weight is 417 g/mol. The second-order valence-electron chi connectivity index (χ2n) is 8.06. The van der Waals surface area contributed by atoms with Crippen molar-refractivity contribution >= 4 is 15.9 Å². The second kappa shape index (κ2) is 5.41. The number of nitrogens with zero attached hydrogens (tertiary/aromatic N) is 1. The molecule has 0 N–H and O–H groups in total. The molecule has 2 bridgehead atoms. The number of hydrogen-bond donors (Lipinski definition) is 0. The maximum absolute atomic E-state index is 12.8. The normalized spacial score (nSPS) is 34.0. The Bertz CT molecular complexity index is 992. The zero-order chi connectivity index (χ0) is 20.1. The van der Waals surface area contributed by atoms with Crippen LogP contribution in [-0.2, 0) is 26.7 Å². The number of alkyl halides is 3. The molecule has 2 aliphatic heterocycles. The fourth-order valence-electron chi connectivity index (χ4n) is 5.74. The molecule has 2 heterocycles. The predicted octanol–water partition coefficient (Wildman–Crippen LogP) is 2.15. The van der Waals surface area contributed by atoms with Gasteiger partial charge in [0.2, 0.25) is 0 Å². The van der Waals surface area contributed by atoms with Gasteiger partial charge in [-0.1, -0.05) is 6.07 Å². The monoisotopic (exact) mass is 417 g/mol. The Hall–Kier alpha value is -1.81. The van der Waals surface area contributed by atoms with Crippen molar-refractivity contribution in [3.8, 4) is 11.5 Å². The Morgan fingerprint density at radius 3 is 2.79 bits per heavy atom. The van der Waals surface area contributed by atoms with Crippen LogP contribution in [-0.4, -0.2) is 50.3 Å². The van der Waals surface area contributed by atoms with E-state index in [2.05, 4.69) is 9.08 Å². The minimum Gasteiger partial charge on any atom is -0.477 e. The molecule has 2 aliphatic carbocycles.